The summed E-state index contributed by atoms with van der Waals surface area (Å²) in [6.45, 7) is -0.272. The number of halogens is 1. The standard InChI is InChI=1S/C19H16ClN3O4S2/c1-26-12-7-3-4-8-13(12)27-10-15(24)22-23-19(28)21-18(25)17-16(20)11-6-2-5-9-14(11)29-17/h2-9H,10H2,1H3,(H,22,24)(H2,21,23,25,28). The number of hydrogen-bond donors (Lipinski definition) is 3. The van der Waals surface area contributed by atoms with Crippen LogP contribution in [0.4, 0.5) is 0 Å². The topological polar surface area (TPSA) is 88.7 Å². The van der Waals surface area contributed by atoms with E-state index in [2.05, 4.69) is 16.2 Å². The molecule has 0 aliphatic heterocycles. The number of hydrazine groups is 1. The number of fused-ring (bicyclic) bond motifs is 1. The van der Waals surface area contributed by atoms with Gasteiger partial charge < -0.3 is 9.47 Å². The highest BCUT2D eigenvalue weighted by atomic mass is 35.5. The molecule has 0 saturated carbocycles. The van der Waals surface area contributed by atoms with Crippen LogP contribution in [0.1, 0.15) is 9.67 Å². The molecular weight excluding hydrogens is 434 g/mol. The summed E-state index contributed by atoms with van der Waals surface area (Å²) in [6.07, 6.45) is 0. The molecule has 7 nitrogen and oxygen atoms in total. The highest BCUT2D eigenvalue weighted by molar-refractivity contribution is 7.80. The zero-order valence-corrected chi connectivity index (χ0v) is 17.5. The maximum absolute atomic E-state index is 12.4. The third-order valence-electron chi connectivity index (χ3n) is 3.71. The van der Waals surface area contributed by atoms with E-state index < -0.39 is 11.8 Å². The van der Waals surface area contributed by atoms with Gasteiger partial charge in [-0.15, -0.1) is 11.3 Å². The van der Waals surface area contributed by atoms with Crippen molar-refractivity contribution < 1.29 is 19.1 Å². The van der Waals surface area contributed by atoms with Crippen molar-refractivity contribution in [2.75, 3.05) is 13.7 Å². The lowest BCUT2D eigenvalue weighted by atomic mass is 10.2. The van der Waals surface area contributed by atoms with Gasteiger partial charge in [-0.1, -0.05) is 41.9 Å². The summed E-state index contributed by atoms with van der Waals surface area (Å²) in [4.78, 5) is 24.7. The van der Waals surface area contributed by atoms with Gasteiger partial charge in [0.05, 0.1) is 12.1 Å². The van der Waals surface area contributed by atoms with Crippen molar-refractivity contribution in [3.63, 3.8) is 0 Å². The number of rotatable bonds is 5. The van der Waals surface area contributed by atoms with E-state index in [1.165, 1.54) is 18.4 Å². The van der Waals surface area contributed by atoms with Crippen molar-refractivity contribution in [2.24, 2.45) is 0 Å². The first-order chi connectivity index (χ1) is 14.0. The van der Waals surface area contributed by atoms with Crippen LogP contribution in [-0.2, 0) is 4.79 Å². The van der Waals surface area contributed by atoms with Gasteiger partial charge >= 0.3 is 0 Å². The highest BCUT2D eigenvalue weighted by Crippen LogP contribution is 2.34. The number of hydrogen-bond acceptors (Lipinski definition) is 6. The third kappa shape index (κ3) is 5.14. The lowest BCUT2D eigenvalue weighted by Gasteiger charge is -2.12. The van der Waals surface area contributed by atoms with Gasteiger partial charge in [0.15, 0.2) is 23.2 Å². The fourth-order valence-corrected chi connectivity index (χ4v) is 3.95. The van der Waals surface area contributed by atoms with Crippen molar-refractivity contribution in [3.8, 4) is 11.5 Å². The molecule has 3 rings (SSSR count). The van der Waals surface area contributed by atoms with E-state index >= 15 is 0 Å². The molecular formula is C19H16ClN3O4S2. The van der Waals surface area contributed by atoms with E-state index in [0.717, 1.165) is 10.1 Å². The highest BCUT2D eigenvalue weighted by Gasteiger charge is 2.18. The summed E-state index contributed by atoms with van der Waals surface area (Å²) in [5, 5.41) is 3.56. The monoisotopic (exact) mass is 449 g/mol. The first-order valence-electron chi connectivity index (χ1n) is 8.32. The van der Waals surface area contributed by atoms with Crippen LogP contribution in [0.5, 0.6) is 11.5 Å². The van der Waals surface area contributed by atoms with Gasteiger partial charge in [0.25, 0.3) is 11.8 Å². The molecule has 3 aromatic rings. The van der Waals surface area contributed by atoms with Gasteiger partial charge in [0.2, 0.25) is 0 Å². The quantitative estimate of drug-likeness (QED) is 0.409. The average Bonchev–Trinajstić information content (AvgIpc) is 3.08. The molecule has 0 unspecified atom stereocenters. The summed E-state index contributed by atoms with van der Waals surface area (Å²) >= 11 is 12.6. The van der Waals surface area contributed by atoms with E-state index in [1.54, 1.807) is 24.3 Å². The fraction of sp³-hybridized carbons (Fsp3) is 0.105. The Morgan fingerprint density at radius 3 is 2.48 bits per heavy atom. The molecule has 2 amide bonds. The van der Waals surface area contributed by atoms with Gasteiger partial charge in [0.1, 0.15) is 4.88 Å². The second kappa shape index (κ2) is 9.55. The Balaban J connectivity index is 1.49. The Labute approximate surface area is 180 Å². The molecule has 29 heavy (non-hydrogen) atoms. The molecule has 0 saturated heterocycles. The Kier molecular flexibility index (Phi) is 6.86. The van der Waals surface area contributed by atoms with Crippen LogP contribution < -0.4 is 25.6 Å². The lowest BCUT2D eigenvalue weighted by Crippen LogP contribution is -2.49. The molecule has 10 heteroatoms. The maximum Gasteiger partial charge on any atom is 0.276 e. The summed E-state index contributed by atoms with van der Waals surface area (Å²) in [7, 11) is 1.51. The van der Waals surface area contributed by atoms with Gasteiger partial charge in [-0.05, 0) is 30.4 Å². The van der Waals surface area contributed by atoms with Crippen LogP contribution in [0.15, 0.2) is 48.5 Å². The Bertz CT molecular complexity index is 1070. The van der Waals surface area contributed by atoms with Crippen LogP contribution >= 0.6 is 35.2 Å². The molecule has 2 aromatic carbocycles. The number of ether oxygens (including phenoxy) is 2. The Morgan fingerprint density at radius 2 is 1.76 bits per heavy atom. The Hall–Kier alpha value is -2.88. The van der Waals surface area contributed by atoms with Gasteiger partial charge in [0, 0.05) is 10.1 Å². The molecule has 0 aliphatic carbocycles. The lowest BCUT2D eigenvalue weighted by molar-refractivity contribution is -0.123. The molecule has 1 aromatic heterocycles. The number of amides is 2. The zero-order valence-electron chi connectivity index (χ0n) is 15.2. The minimum Gasteiger partial charge on any atom is -0.493 e. The second-order valence-corrected chi connectivity index (χ2v) is 7.48. The number of thiocarbonyl (C=S) groups is 1. The van der Waals surface area contributed by atoms with Crippen LogP contribution in [0.2, 0.25) is 5.02 Å². The van der Waals surface area contributed by atoms with Crippen molar-refractivity contribution >= 4 is 62.2 Å². The number of benzene rings is 2. The SMILES string of the molecule is COc1ccccc1OCC(=O)NNC(=S)NC(=O)c1sc2ccccc2c1Cl. The number of para-hydroxylation sites is 2. The molecule has 0 aliphatic rings. The fourth-order valence-electron chi connectivity index (χ4n) is 2.40. The molecule has 3 N–H and O–H groups in total. The number of thiophene rings is 1. The van der Waals surface area contributed by atoms with Crippen molar-refractivity contribution in [1.29, 1.82) is 0 Å². The molecule has 150 valence electrons. The number of carbonyl (C=O) groups is 2. The van der Waals surface area contributed by atoms with Crippen molar-refractivity contribution in [1.82, 2.24) is 16.2 Å². The van der Waals surface area contributed by atoms with E-state index in [4.69, 9.17) is 33.3 Å². The van der Waals surface area contributed by atoms with Gasteiger partial charge in [-0.3, -0.25) is 25.8 Å². The summed E-state index contributed by atoms with van der Waals surface area (Å²) < 4.78 is 11.4. The second-order valence-electron chi connectivity index (χ2n) is 5.64. The predicted octanol–water partition coefficient (Wildman–Crippen LogP) is 3.28. The Morgan fingerprint density at radius 1 is 1.07 bits per heavy atom. The van der Waals surface area contributed by atoms with E-state index in [1.807, 2.05) is 24.3 Å². The van der Waals surface area contributed by atoms with E-state index in [-0.39, 0.29) is 11.7 Å². The minimum absolute atomic E-state index is 0.0748. The number of carbonyl (C=O) groups excluding carboxylic acids is 2. The minimum atomic E-state index is -0.493. The van der Waals surface area contributed by atoms with Crippen LogP contribution in [0.3, 0.4) is 0 Å². The molecule has 0 bridgehead atoms. The molecule has 0 spiro atoms. The van der Waals surface area contributed by atoms with Crippen LogP contribution in [0, 0.1) is 0 Å². The largest absolute Gasteiger partial charge is 0.493 e. The summed E-state index contributed by atoms with van der Waals surface area (Å²) in [6, 6.07) is 14.4. The van der Waals surface area contributed by atoms with E-state index in [9.17, 15) is 9.59 Å². The predicted molar refractivity (Wildman–Crippen MR) is 117 cm³/mol. The molecule has 0 atom stereocenters. The van der Waals surface area contributed by atoms with Crippen LogP contribution in [-0.4, -0.2) is 30.6 Å². The summed E-state index contributed by atoms with van der Waals surface area (Å²) in [5.74, 6) is -0.0164. The molecule has 1 heterocycles. The first-order valence-corrected chi connectivity index (χ1v) is 9.93. The van der Waals surface area contributed by atoms with Gasteiger partial charge in [-0.2, -0.15) is 0 Å². The molecule has 0 fully saturated rings. The third-order valence-corrected chi connectivity index (χ3v) is 5.59. The number of nitrogens with one attached hydrogen (secondary N) is 3. The number of methoxy groups -OCH3 is 1. The smallest absolute Gasteiger partial charge is 0.276 e. The van der Waals surface area contributed by atoms with Crippen LogP contribution in [0.25, 0.3) is 10.1 Å². The summed E-state index contributed by atoms with van der Waals surface area (Å²) in [5.41, 5.74) is 4.80. The molecule has 0 radical (unpaired) electrons. The normalized spacial score (nSPS) is 10.3. The maximum atomic E-state index is 12.4. The average molecular weight is 450 g/mol. The van der Waals surface area contributed by atoms with Gasteiger partial charge in [-0.25, -0.2) is 0 Å². The zero-order chi connectivity index (χ0) is 20.8. The van der Waals surface area contributed by atoms with Crippen molar-refractivity contribution in [2.45, 2.75) is 0 Å². The van der Waals surface area contributed by atoms with E-state index in [0.29, 0.717) is 21.4 Å². The first kappa shape index (κ1) is 20.8. The van der Waals surface area contributed by atoms with Crippen molar-refractivity contribution in [3.05, 3.63) is 58.4 Å².